The molecule has 0 aliphatic rings. The lowest BCUT2D eigenvalue weighted by Gasteiger charge is -2.14. The monoisotopic (exact) mass is 483 g/mol. The third-order valence-electron chi connectivity index (χ3n) is 5.40. The predicted molar refractivity (Wildman–Crippen MR) is 135 cm³/mol. The SMILES string of the molecule is CCn1nc(C)c(CCN=C(NC(=O)c2cccc(Cl)c2)Nc2cc(OC)cc(OC)c2)c1C. The molecule has 0 spiro atoms. The van der Waals surface area contributed by atoms with Crippen LogP contribution >= 0.6 is 11.6 Å². The number of hydrogen-bond acceptors (Lipinski definition) is 5. The van der Waals surface area contributed by atoms with E-state index in [-0.39, 0.29) is 5.91 Å². The zero-order chi connectivity index (χ0) is 24.7. The second-order valence-electron chi connectivity index (χ2n) is 7.64. The van der Waals surface area contributed by atoms with Crippen molar-refractivity contribution in [1.82, 2.24) is 15.1 Å². The molecule has 0 saturated heterocycles. The van der Waals surface area contributed by atoms with Crippen molar-refractivity contribution in [2.24, 2.45) is 4.99 Å². The van der Waals surface area contributed by atoms with Gasteiger partial charge in [0.1, 0.15) is 11.5 Å². The number of nitrogens with one attached hydrogen (secondary N) is 2. The Hall–Kier alpha value is -3.52. The van der Waals surface area contributed by atoms with Gasteiger partial charge in [-0.2, -0.15) is 5.10 Å². The fourth-order valence-corrected chi connectivity index (χ4v) is 3.81. The lowest BCUT2D eigenvalue weighted by Crippen LogP contribution is -2.36. The van der Waals surface area contributed by atoms with Gasteiger partial charge in [-0.15, -0.1) is 0 Å². The van der Waals surface area contributed by atoms with Gasteiger partial charge in [-0.05, 0) is 51.0 Å². The Morgan fingerprint density at radius 2 is 1.82 bits per heavy atom. The highest BCUT2D eigenvalue weighted by Gasteiger charge is 2.13. The summed E-state index contributed by atoms with van der Waals surface area (Å²) in [5, 5.41) is 11.1. The minimum absolute atomic E-state index is 0.304. The minimum Gasteiger partial charge on any atom is -0.497 e. The van der Waals surface area contributed by atoms with E-state index in [1.54, 1.807) is 56.7 Å². The number of methoxy groups -OCH3 is 2. The van der Waals surface area contributed by atoms with Crippen LogP contribution in [0.1, 0.15) is 34.2 Å². The topological polar surface area (TPSA) is 89.8 Å². The van der Waals surface area contributed by atoms with Crippen LogP contribution in [-0.4, -0.2) is 42.4 Å². The number of aryl methyl sites for hydroxylation is 2. The summed E-state index contributed by atoms with van der Waals surface area (Å²) in [6.07, 6.45) is 0.692. The summed E-state index contributed by atoms with van der Waals surface area (Å²) in [7, 11) is 3.16. The maximum atomic E-state index is 12.9. The Bertz CT molecular complexity index is 1170. The molecule has 9 heteroatoms. The number of carbonyl (C=O) groups excluding carboxylic acids is 1. The summed E-state index contributed by atoms with van der Waals surface area (Å²) < 4.78 is 12.7. The molecule has 180 valence electrons. The lowest BCUT2D eigenvalue weighted by molar-refractivity contribution is 0.0977. The van der Waals surface area contributed by atoms with Crippen LogP contribution in [0.4, 0.5) is 5.69 Å². The number of rotatable bonds is 8. The highest BCUT2D eigenvalue weighted by Crippen LogP contribution is 2.25. The standard InChI is InChI=1S/C25H30ClN5O3/c1-6-31-17(3)23(16(2)30-31)10-11-27-25(29-24(32)18-8-7-9-19(26)12-18)28-20-13-21(33-4)15-22(14-20)34-5/h7-9,12-15H,6,10-11H2,1-5H3,(H2,27,28,29,32). The number of nitrogens with zero attached hydrogens (tertiary/aromatic N) is 3. The van der Waals surface area contributed by atoms with Gasteiger partial charge in [-0.25, -0.2) is 0 Å². The molecule has 1 amide bonds. The van der Waals surface area contributed by atoms with E-state index in [1.807, 2.05) is 11.6 Å². The van der Waals surface area contributed by atoms with Crippen molar-refractivity contribution in [3.05, 3.63) is 70.0 Å². The lowest BCUT2D eigenvalue weighted by atomic mass is 10.1. The molecule has 8 nitrogen and oxygen atoms in total. The van der Waals surface area contributed by atoms with E-state index in [0.29, 0.717) is 46.7 Å². The van der Waals surface area contributed by atoms with E-state index >= 15 is 0 Å². The van der Waals surface area contributed by atoms with Gasteiger partial charge < -0.3 is 14.8 Å². The van der Waals surface area contributed by atoms with Crippen LogP contribution in [0.15, 0.2) is 47.5 Å². The first-order chi connectivity index (χ1) is 16.3. The number of amides is 1. The quantitative estimate of drug-likeness (QED) is 0.360. The number of carbonyl (C=O) groups is 1. The van der Waals surface area contributed by atoms with Crippen LogP contribution < -0.4 is 20.1 Å². The third kappa shape index (κ3) is 6.29. The number of aromatic nitrogens is 2. The molecule has 0 saturated carbocycles. The zero-order valence-corrected chi connectivity index (χ0v) is 20.9. The second-order valence-corrected chi connectivity index (χ2v) is 8.07. The van der Waals surface area contributed by atoms with Crippen LogP contribution in [0.3, 0.4) is 0 Å². The average Bonchev–Trinajstić information content (AvgIpc) is 3.11. The maximum Gasteiger partial charge on any atom is 0.258 e. The van der Waals surface area contributed by atoms with Crippen LogP contribution in [0.5, 0.6) is 11.5 Å². The third-order valence-corrected chi connectivity index (χ3v) is 5.63. The second kappa shape index (κ2) is 11.6. The van der Waals surface area contributed by atoms with Crippen LogP contribution in [0.25, 0.3) is 0 Å². The Kier molecular flexibility index (Phi) is 8.54. The predicted octanol–water partition coefficient (Wildman–Crippen LogP) is 4.63. The normalized spacial score (nSPS) is 11.3. The van der Waals surface area contributed by atoms with Crippen molar-refractivity contribution in [2.75, 3.05) is 26.1 Å². The van der Waals surface area contributed by atoms with E-state index in [9.17, 15) is 4.79 Å². The van der Waals surface area contributed by atoms with E-state index in [1.165, 1.54) is 0 Å². The fourth-order valence-electron chi connectivity index (χ4n) is 3.62. The molecule has 0 aliphatic carbocycles. The molecule has 0 atom stereocenters. The number of anilines is 1. The van der Waals surface area contributed by atoms with Gasteiger partial charge in [-0.3, -0.25) is 19.8 Å². The molecular formula is C25H30ClN5O3. The van der Waals surface area contributed by atoms with E-state index < -0.39 is 0 Å². The van der Waals surface area contributed by atoms with Gasteiger partial charge >= 0.3 is 0 Å². The Morgan fingerprint density at radius 3 is 2.41 bits per heavy atom. The summed E-state index contributed by atoms with van der Waals surface area (Å²) in [6.45, 7) is 7.40. The van der Waals surface area contributed by atoms with E-state index in [2.05, 4.69) is 34.6 Å². The van der Waals surface area contributed by atoms with Crippen molar-refractivity contribution in [1.29, 1.82) is 0 Å². The van der Waals surface area contributed by atoms with Crippen molar-refractivity contribution in [3.63, 3.8) is 0 Å². The first-order valence-corrected chi connectivity index (χ1v) is 11.4. The van der Waals surface area contributed by atoms with Crippen molar-refractivity contribution in [2.45, 2.75) is 33.7 Å². The Labute approximate surface area is 204 Å². The fraction of sp³-hybridized carbons (Fsp3) is 0.320. The van der Waals surface area contributed by atoms with Gasteiger partial charge in [0.15, 0.2) is 0 Å². The molecule has 0 unspecified atom stereocenters. The highest BCUT2D eigenvalue weighted by atomic mass is 35.5. The number of ether oxygens (including phenoxy) is 2. The molecule has 0 bridgehead atoms. The molecule has 1 aromatic heterocycles. The minimum atomic E-state index is -0.324. The van der Waals surface area contributed by atoms with Gasteiger partial charge in [0.25, 0.3) is 5.91 Å². The van der Waals surface area contributed by atoms with Gasteiger partial charge in [0.05, 0.1) is 19.9 Å². The molecule has 2 aromatic carbocycles. The number of guanidine groups is 1. The summed E-state index contributed by atoms with van der Waals surface area (Å²) in [5.74, 6) is 1.20. The van der Waals surface area contributed by atoms with Crippen LogP contribution in [-0.2, 0) is 13.0 Å². The molecule has 34 heavy (non-hydrogen) atoms. The smallest absolute Gasteiger partial charge is 0.258 e. The highest BCUT2D eigenvalue weighted by molar-refractivity contribution is 6.31. The number of aliphatic imine (C=N–C) groups is 1. The van der Waals surface area contributed by atoms with Crippen molar-refractivity contribution in [3.8, 4) is 11.5 Å². The van der Waals surface area contributed by atoms with E-state index in [4.69, 9.17) is 21.1 Å². The molecular weight excluding hydrogens is 454 g/mol. The number of benzene rings is 2. The Balaban J connectivity index is 1.85. The van der Waals surface area contributed by atoms with E-state index in [0.717, 1.165) is 23.5 Å². The average molecular weight is 484 g/mol. The molecule has 0 fully saturated rings. The molecule has 3 aromatic rings. The zero-order valence-electron chi connectivity index (χ0n) is 20.1. The summed E-state index contributed by atoms with van der Waals surface area (Å²) in [4.78, 5) is 17.5. The van der Waals surface area contributed by atoms with Crippen LogP contribution in [0.2, 0.25) is 5.02 Å². The van der Waals surface area contributed by atoms with Crippen molar-refractivity contribution < 1.29 is 14.3 Å². The first-order valence-electron chi connectivity index (χ1n) is 11.0. The van der Waals surface area contributed by atoms with Crippen molar-refractivity contribution >= 4 is 29.2 Å². The van der Waals surface area contributed by atoms with Gasteiger partial charge in [0.2, 0.25) is 5.96 Å². The van der Waals surface area contributed by atoms with Gasteiger partial charge in [-0.1, -0.05) is 17.7 Å². The molecule has 1 heterocycles. The largest absolute Gasteiger partial charge is 0.497 e. The summed E-state index contributed by atoms with van der Waals surface area (Å²) in [6, 6.07) is 12.1. The first kappa shape index (κ1) is 25.1. The number of halogens is 1. The maximum absolute atomic E-state index is 12.9. The molecule has 2 N–H and O–H groups in total. The van der Waals surface area contributed by atoms with Gasteiger partial charge in [0, 0.05) is 53.3 Å². The summed E-state index contributed by atoms with van der Waals surface area (Å²) >= 11 is 6.06. The summed E-state index contributed by atoms with van der Waals surface area (Å²) in [5.41, 5.74) is 4.37. The molecule has 3 rings (SSSR count). The molecule has 0 radical (unpaired) electrons. The number of hydrogen-bond donors (Lipinski definition) is 2. The Morgan fingerprint density at radius 1 is 1.12 bits per heavy atom. The molecule has 0 aliphatic heterocycles. The van der Waals surface area contributed by atoms with Crippen LogP contribution in [0, 0.1) is 13.8 Å².